The van der Waals surface area contributed by atoms with Gasteiger partial charge in [0, 0.05) is 20.6 Å². The maximum Gasteiger partial charge on any atom is 0.337 e. The van der Waals surface area contributed by atoms with Crippen LogP contribution in [0.1, 0.15) is 25.7 Å². The summed E-state index contributed by atoms with van der Waals surface area (Å²) in [6.45, 7) is 2.07. The van der Waals surface area contributed by atoms with E-state index >= 15 is 0 Å². The van der Waals surface area contributed by atoms with Crippen molar-refractivity contribution in [2.45, 2.75) is 25.7 Å². The minimum atomic E-state index is -3.17. The van der Waals surface area contributed by atoms with Gasteiger partial charge in [0.2, 0.25) is 0 Å². The van der Waals surface area contributed by atoms with Gasteiger partial charge in [-0.2, -0.15) is 0 Å². The van der Waals surface area contributed by atoms with Gasteiger partial charge < -0.3 is 14.4 Å². The molecule has 0 amide bonds. The molecule has 0 aromatic heterocycles. The van der Waals surface area contributed by atoms with Gasteiger partial charge in [0.1, 0.15) is 11.9 Å². The van der Waals surface area contributed by atoms with Crippen LogP contribution in [-0.2, 0) is 18.4 Å². The molecule has 0 aromatic rings. The van der Waals surface area contributed by atoms with Crippen molar-refractivity contribution in [2.24, 2.45) is 5.92 Å². The predicted molar refractivity (Wildman–Crippen MR) is 66.3 cm³/mol. The molecule has 0 radical (unpaired) electrons. The molecule has 1 heterocycles. The Morgan fingerprint density at radius 1 is 1.29 bits per heavy atom. The van der Waals surface area contributed by atoms with Crippen LogP contribution in [0.2, 0.25) is 0 Å². The fraction of sp³-hybridized carbons (Fsp3) is 0.909. The molecular formula is C11H22NO4P. The van der Waals surface area contributed by atoms with E-state index in [-0.39, 0.29) is 11.9 Å². The van der Waals surface area contributed by atoms with Crippen molar-refractivity contribution in [1.29, 1.82) is 0 Å². The molecule has 17 heavy (non-hydrogen) atoms. The molecule has 0 aliphatic carbocycles. The molecule has 0 aromatic carbocycles. The standard InChI is InChI=1S/C11H22NO4P/c1-15-17(14,16-2)9-11(13)4-3-10-5-7-12-8-6-10/h10,12H,3-9H2,1-2H3. The smallest absolute Gasteiger partial charge is 0.317 e. The second kappa shape index (κ2) is 7.27. The highest BCUT2D eigenvalue weighted by Crippen LogP contribution is 2.46. The molecule has 1 fully saturated rings. The number of Topliss-reactive ketones (excluding diaryl/α,β-unsaturated/α-hetero) is 1. The average Bonchev–Trinajstić information content (AvgIpc) is 2.37. The third-order valence-corrected chi connectivity index (χ3v) is 5.07. The van der Waals surface area contributed by atoms with Crippen LogP contribution in [0.3, 0.4) is 0 Å². The summed E-state index contributed by atoms with van der Waals surface area (Å²) in [4.78, 5) is 11.7. The van der Waals surface area contributed by atoms with E-state index in [1.807, 2.05) is 0 Å². The highest BCUT2D eigenvalue weighted by Gasteiger charge is 2.25. The van der Waals surface area contributed by atoms with Crippen molar-refractivity contribution in [2.75, 3.05) is 33.5 Å². The third-order valence-electron chi connectivity index (χ3n) is 3.22. The largest absolute Gasteiger partial charge is 0.337 e. The lowest BCUT2D eigenvalue weighted by molar-refractivity contribution is -0.117. The molecule has 0 bridgehead atoms. The first kappa shape index (κ1) is 14.8. The normalized spacial score (nSPS) is 18.2. The van der Waals surface area contributed by atoms with Crippen LogP contribution in [0, 0.1) is 5.92 Å². The Bertz CT molecular complexity index is 281. The topological polar surface area (TPSA) is 64.6 Å². The summed E-state index contributed by atoms with van der Waals surface area (Å²) in [6.07, 6.45) is 3.50. The summed E-state index contributed by atoms with van der Waals surface area (Å²) in [5, 5.41) is 3.29. The Labute approximate surface area is 103 Å². The molecule has 0 saturated carbocycles. The molecule has 6 heteroatoms. The zero-order chi connectivity index (χ0) is 12.7. The van der Waals surface area contributed by atoms with Crippen LogP contribution in [0.15, 0.2) is 0 Å². The van der Waals surface area contributed by atoms with Crippen molar-refractivity contribution in [1.82, 2.24) is 5.32 Å². The van der Waals surface area contributed by atoms with E-state index in [9.17, 15) is 9.36 Å². The van der Waals surface area contributed by atoms with Gasteiger partial charge in [0.05, 0.1) is 0 Å². The summed E-state index contributed by atoms with van der Waals surface area (Å²) in [5.74, 6) is 0.584. The number of nitrogens with one attached hydrogen (secondary N) is 1. The van der Waals surface area contributed by atoms with Crippen LogP contribution in [0.4, 0.5) is 0 Å². The van der Waals surface area contributed by atoms with E-state index in [1.165, 1.54) is 14.2 Å². The number of ketones is 1. The van der Waals surface area contributed by atoms with Gasteiger partial charge in [0.15, 0.2) is 0 Å². The van der Waals surface area contributed by atoms with Crippen LogP contribution in [-0.4, -0.2) is 39.3 Å². The molecule has 1 rings (SSSR count). The Kier molecular flexibility index (Phi) is 6.34. The van der Waals surface area contributed by atoms with E-state index < -0.39 is 7.60 Å². The van der Waals surface area contributed by atoms with Crippen molar-refractivity contribution in [3.63, 3.8) is 0 Å². The first-order chi connectivity index (χ1) is 8.09. The highest BCUT2D eigenvalue weighted by molar-refractivity contribution is 7.54. The van der Waals surface area contributed by atoms with E-state index in [4.69, 9.17) is 9.05 Å². The maximum absolute atomic E-state index is 11.7. The SMILES string of the molecule is COP(=O)(CC(=O)CCC1CCNCC1)OC. The Balaban J connectivity index is 2.27. The minimum absolute atomic E-state index is 0.0319. The van der Waals surface area contributed by atoms with Crippen LogP contribution in [0.25, 0.3) is 0 Å². The molecule has 100 valence electrons. The van der Waals surface area contributed by atoms with E-state index in [0.717, 1.165) is 32.4 Å². The highest BCUT2D eigenvalue weighted by atomic mass is 31.2. The number of hydrogen-bond acceptors (Lipinski definition) is 5. The molecule has 1 aliphatic rings. The zero-order valence-corrected chi connectivity index (χ0v) is 11.5. The number of piperidine rings is 1. The summed E-state index contributed by atoms with van der Waals surface area (Å²) < 4.78 is 21.2. The Morgan fingerprint density at radius 3 is 2.41 bits per heavy atom. The third kappa shape index (κ3) is 5.30. The van der Waals surface area contributed by atoms with Crippen LogP contribution in [0.5, 0.6) is 0 Å². The molecule has 1 saturated heterocycles. The van der Waals surface area contributed by atoms with Gasteiger partial charge in [-0.15, -0.1) is 0 Å². The molecule has 0 spiro atoms. The lowest BCUT2D eigenvalue weighted by atomic mass is 9.92. The number of rotatable bonds is 7. The quantitative estimate of drug-likeness (QED) is 0.710. The maximum atomic E-state index is 11.7. The van der Waals surface area contributed by atoms with Crippen molar-refractivity contribution in [3.8, 4) is 0 Å². The Hall–Kier alpha value is -0.220. The van der Waals surface area contributed by atoms with Gasteiger partial charge >= 0.3 is 7.60 Å². The summed E-state index contributed by atoms with van der Waals surface area (Å²) in [5.41, 5.74) is 0. The lowest BCUT2D eigenvalue weighted by Crippen LogP contribution is -2.28. The number of carbonyl (C=O) groups is 1. The van der Waals surface area contributed by atoms with Gasteiger partial charge in [-0.3, -0.25) is 9.36 Å². The molecular weight excluding hydrogens is 241 g/mol. The number of hydrogen-bond donors (Lipinski definition) is 1. The molecule has 0 unspecified atom stereocenters. The summed E-state index contributed by atoms with van der Waals surface area (Å²) in [7, 11) is -0.549. The summed E-state index contributed by atoms with van der Waals surface area (Å²) >= 11 is 0. The lowest BCUT2D eigenvalue weighted by Gasteiger charge is -2.22. The molecule has 1 N–H and O–H groups in total. The fourth-order valence-corrected chi connectivity index (χ4v) is 3.03. The second-order valence-corrected chi connectivity index (χ2v) is 6.67. The van der Waals surface area contributed by atoms with Gasteiger partial charge in [-0.05, 0) is 38.3 Å². The van der Waals surface area contributed by atoms with E-state index in [2.05, 4.69) is 5.32 Å². The number of carbonyl (C=O) groups excluding carboxylic acids is 1. The predicted octanol–water partition coefficient (Wildman–Crippen LogP) is 1.82. The van der Waals surface area contributed by atoms with Gasteiger partial charge in [0.25, 0.3) is 0 Å². The van der Waals surface area contributed by atoms with E-state index in [1.54, 1.807) is 0 Å². The average molecular weight is 263 g/mol. The minimum Gasteiger partial charge on any atom is -0.317 e. The van der Waals surface area contributed by atoms with E-state index in [0.29, 0.717) is 12.3 Å². The fourth-order valence-electron chi connectivity index (χ4n) is 2.03. The Morgan fingerprint density at radius 2 is 1.88 bits per heavy atom. The second-order valence-electron chi connectivity index (χ2n) is 4.40. The molecule has 5 nitrogen and oxygen atoms in total. The zero-order valence-electron chi connectivity index (χ0n) is 10.6. The van der Waals surface area contributed by atoms with Gasteiger partial charge in [-0.25, -0.2) is 0 Å². The van der Waals surface area contributed by atoms with Crippen molar-refractivity contribution < 1.29 is 18.4 Å². The van der Waals surface area contributed by atoms with Crippen molar-refractivity contribution in [3.05, 3.63) is 0 Å². The first-order valence-corrected chi connectivity index (χ1v) is 7.75. The molecule has 0 atom stereocenters. The van der Waals surface area contributed by atoms with Crippen LogP contribution >= 0.6 is 7.60 Å². The van der Waals surface area contributed by atoms with Crippen molar-refractivity contribution >= 4 is 13.4 Å². The first-order valence-electron chi connectivity index (χ1n) is 6.02. The van der Waals surface area contributed by atoms with Gasteiger partial charge in [-0.1, -0.05) is 0 Å². The molecule has 1 aliphatic heterocycles. The summed E-state index contributed by atoms with van der Waals surface area (Å²) in [6, 6.07) is 0. The monoisotopic (exact) mass is 263 g/mol. The van der Waals surface area contributed by atoms with Crippen LogP contribution < -0.4 is 5.32 Å².